The molecule has 0 fully saturated rings. The lowest BCUT2D eigenvalue weighted by molar-refractivity contribution is -0.139. The van der Waals surface area contributed by atoms with E-state index < -0.39 is 19.2 Å². The number of benzene rings is 1. The second kappa shape index (κ2) is 5.84. The zero-order chi connectivity index (χ0) is 13.8. The van der Waals surface area contributed by atoms with Gasteiger partial charge in [-0.15, -0.1) is 0 Å². The van der Waals surface area contributed by atoms with Gasteiger partial charge in [-0.2, -0.15) is 13.2 Å². The highest BCUT2D eigenvalue weighted by Gasteiger charge is 2.27. The lowest BCUT2D eigenvalue weighted by Gasteiger charge is -2.15. The summed E-state index contributed by atoms with van der Waals surface area (Å²) in [4.78, 5) is 0. The molecule has 0 atom stereocenters. The van der Waals surface area contributed by atoms with Crippen molar-refractivity contribution in [1.82, 2.24) is 0 Å². The number of rotatable bonds is 5. The third kappa shape index (κ3) is 4.73. The molecular formula is C12H16F3NO2. The van der Waals surface area contributed by atoms with E-state index in [0.29, 0.717) is 5.75 Å². The SMILES string of the molecule is CC(C)Oc1cccc(OCCC(F)(F)F)c1N. The number of alkyl halides is 3. The Hall–Kier alpha value is -1.59. The summed E-state index contributed by atoms with van der Waals surface area (Å²) in [5, 5.41) is 0. The van der Waals surface area contributed by atoms with E-state index in [4.69, 9.17) is 15.2 Å². The van der Waals surface area contributed by atoms with Gasteiger partial charge in [-0.3, -0.25) is 0 Å². The molecule has 1 rings (SSSR count). The van der Waals surface area contributed by atoms with E-state index in [2.05, 4.69) is 0 Å². The highest BCUT2D eigenvalue weighted by Crippen LogP contribution is 2.32. The number of ether oxygens (including phenoxy) is 2. The number of para-hydroxylation sites is 1. The maximum atomic E-state index is 12.0. The quantitative estimate of drug-likeness (QED) is 0.828. The van der Waals surface area contributed by atoms with E-state index in [1.165, 1.54) is 6.07 Å². The van der Waals surface area contributed by atoms with Crippen LogP contribution in [0.5, 0.6) is 11.5 Å². The summed E-state index contributed by atoms with van der Waals surface area (Å²) in [6.45, 7) is 3.20. The van der Waals surface area contributed by atoms with Crippen molar-refractivity contribution in [2.24, 2.45) is 0 Å². The normalized spacial score (nSPS) is 11.7. The van der Waals surface area contributed by atoms with Crippen LogP contribution in [0.15, 0.2) is 18.2 Å². The third-order valence-electron chi connectivity index (χ3n) is 2.03. The van der Waals surface area contributed by atoms with Gasteiger partial charge in [0.05, 0.1) is 19.1 Å². The van der Waals surface area contributed by atoms with Crippen LogP contribution in [0.1, 0.15) is 20.3 Å². The van der Waals surface area contributed by atoms with Crippen LogP contribution in [-0.4, -0.2) is 18.9 Å². The molecule has 1 aromatic rings. The highest BCUT2D eigenvalue weighted by atomic mass is 19.4. The van der Waals surface area contributed by atoms with Crippen LogP contribution in [0.3, 0.4) is 0 Å². The number of nitrogens with two attached hydrogens (primary N) is 1. The molecule has 0 aliphatic carbocycles. The summed E-state index contributed by atoms with van der Waals surface area (Å²) in [6, 6.07) is 4.78. The average Bonchev–Trinajstić information content (AvgIpc) is 2.21. The summed E-state index contributed by atoms with van der Waals surface area (Å²) >= 11 is 0. The molecule has 6 heteroatoms. The third-order valence-corrected chi connectivity index (χ3v) is 2.03. The molecule has 0 radical (unpaired) electrons. The number of anilines is 1. The molecular weight excluding hydrogens is 247 g/mol. The Balaban J connectivity index is 2.66. The molecule has 0 bridgehead atoms. The van der Waals surface area contributed by atoms with Crippen LogP contribution in [0.25, 0.3) is 0 Å². The number of hydrogen-bond acceptors (Lipinski definition) is 3. The van der Waals surface area contributed by atoms with Gasteiger partial charge in [-0.1, -0.05) is 6.07 Å². The molecule has 18 heavy (non-hydrogen) atoms. The first kappa shape index (κ1) is 14.5. The standard InChI is InChI=1S/C12H16F3NO2/c1-8(2)18-10-5-3-4-9(11(10)16)17-7-6-12(13,14)15/h3-5,8H,6-7,16H2,1-2H3. The second-order valence-electron chi connectivity index (χ2n) is 4.05. The molecule has 2 N–H and O–H groups in total. The Morgan fingerprint density at radius 1 is 1.22 bits per heavy atom. The Kier molecular flexibility index (Phi) is 4.69. The maximum Gasteiger partial charge on any atom is 0.392 e. The molecule has 0 saturated heterocycles. The van der Waals surface area contributed by atoms with Gasteiger partial charge < -0.3 is 15.2 Å². The molecule has 0 aliphatic heterocycles. The molecule has 0 aromatic heterocycles. The van der Waals surface area contributed by atoms with Crippen LogP contribution >= 0.6 is 0 Å². The smallest absolute Gasteiger partial charge is 0.392 e. The van der Waals surface area contributed by atoms with E-state index in [1.807, 2.05) is 13.8 Å². The molecule has 0 spiro atoms. The average molecular weight is 263 g/mol. The first-order chi connectivity index (χ1) is 8.29. The molecule has 3 nitrogen and oxygen atoms in total. The van der Waals surface area contributed by atoms with Crippen LogP contribution in [-0.2, 0) is 0 Å². The summed E-state index contributed by atoms with van der Waals surface area (Å²) in [7, 11) is 0. The van der Waals surface area contributed by atoms with Gasteiger partial charge in [0.15, 0.2) is 0 Å². The Morgan fingerprint density at radius 3 is 2.39 bits per heavy atom. The van der Waals surface area contributed by atoms with E-state index in [9.17, 15) is 13.2 Å². The monoisotopic (exact) mass is 263 g/mol. The maximum absolute atomic E-state index is 12.0. The fourth-order valence-corrected chi connectivity index (χ4v) is 1.28. The fraction of sp³-hybridized carbons (Fsp3) is 0.500. The largest absolute Gasteiger partial charge is 0.491 e. The zero-order valence-electron chi connectivity index (χ0n) is 10.3. The molecule has 102 valence electrons. The van der Waals surface area contributed by atoms with Crippen molar-refractivity contribution in [1.29, 1.82) is 0 Å². The van der Waals surface area contributed by atoms with Gasteiger partial charge in [0, 0.05) is 0 Å². The first-order valence-electron chi connectivity index (χ1n) is 5.54. The second-order valence-corrected chi connectivity index (χ2v) is 4.05. The van der Waals surface area contributed by atoms with Crippen molar-refractivity contribution >= 4 is 5.69 Å². The van der Waals surface area contributed by atoms with Crippen LogP contribution in [0, 0.1) is 0 Å². The van der Waals surface area contributed by atoms with Crippen LogP contribution in [0.2, 0.25) is 0 Å². The van der Waals surface area contributed by atoms with Crippen molar-refractivity contribution in [3.8, 4) is 11.5 Å². The Labute approximate surface area is 104 Å². The number of nitrogen functional groups attached to an aromatic ring is 1. The number of halogens is 3. The van der Waals surface area contributed by atoms with Crippen molar-refractivity contribution in [2.45, 2.75) is 32.5 Å². The first-order valence-corrected chi connectivity index (χ1v) is 5.54. The highest BCUT2D eigenvalue weighted by molar-refractivity contribution is 5.62. The van der Waals surface area contributed by atoms with Gasteiger partial charge in [0.25, 0.3) is 0 Å². The van der Waals surface area contributed by atoms with Crippen molar-refractivity contribution in [3.05, 3.63) is 18.2 Å². The van der Waals surface area contributed by atoms with Crippen molar-refractivity contribution in [3.63, 3.8) is 0 Å². The lowest BCUT2D eigenvalue weighted by Crippen LogP contribution is -2.14. The van der Waals surface area contributed by atoms with Gasteiger partial charge in [-0.25, -0.2) is 0 Å². The predicted molar refractivity (Wildman–Crippen MR) is 62.8 cm³/mol. The van der Waals surface area contributed by atoms with Gasteiger partial charge in [0.2, 0.25) is 0 Å². The minimum atomic E-state index is -4.24. The molecule has 0 unspecified atom stereocenters. The predicted octanol–water partition coefficient (Wildman–Crippen LogP) is 3.39. The topological polar surface area (TPSA) is 44.5 Å². The summed E-state index contributed by atoms with van der Waals surface area (Å²) in [5.41, 5.74) is 5.97. The summed E-state index contributed by atoms with van der Waals surface area (Å²) in [6.07, 6.45) is -5.32. The van der Waals surface area contributed by atoms with Crippen molar-refractivity contribution in [2.75, 3.05) is 12.3 Å². The number of hydrogen-bond donors (Lipinski definition) is 1. The zero-order valence-corrected chi connectivity index (χ0v) is 10.3. The van der Waals surface area contributed by atoms with Crippen LogP contribution < -0.4 is 15.2 Å². The van der Waals surface area contributed by atoms with E-state index >= 15 is 0 Å². The van der Waals surface area contributed by atoms with E-state index in [-0.39, 0.29) is 17.5 Å². The Morgan fingerprint density at radius 2 is 1.83 bits per heavy atom. The fourth-order valence-electron chi connectivity index (χ4n) is 1.28. The van der Waals surface area contributed by atoms with E-state index in [1.54, 1.807) is 12.1 Å². The van der Waals surface area contributed by atoms with Crippen LogP contribution in [0.4, 0.5) is 18.9 Å². The minimum absolute atomic E-state index is 0.0716. The van der Waals surface area contributed by atoms with Crippen molar-refractivity contribution < 1.29 is 22.6 Å². The molecule has 0 saturated carbocycles. The van der Waals surface area contributed by atoms with Gasteiger partial charge in [-0.05, 0) is 26.0 Å². The van der Waals surface area contributed by atoms with Gasteiger partial charge in [0.1, 0.15) is 17.2 Å². The molecule has 0 aliphatic rings. The lowest BCUT2D eigenvalue weighted by atomic mass is 10.2. The van der Waals surface area contributed by atoms with E-state index in [0.717, 1.165) is 0 Å². The summed E-state index contributed by atoms with van der Waals surface area (Å²) < 4.78 is 46.3. The van der Waals surface area contributed by atoms with Gasteiger partial charge >= 0.3 is 6.18 Å². The Bertz CT molecular complexity index is 391. The molecule has 0 heterocycles. The molecule has 1 aromatic carbocycles. The molecule has 0 amide bonds. The minimum Gasteiger partial charge on any atom is -0.491 e. The summed E-state index contributed by atoms with van der Waals surface area (Å²) in [5.74, 6) is 0.618.